The molecule has 0 unspecified atom stereocenters. The molecule has 0 spiro atoms. The van der Waals surface area contributed by atoms with E-state index >= 15 is 0 Å². The summed E-state index contributed by atoms with van der Waals surface area (Å²) in [6.45, 7) is 0. The second-order valence-corrected chi connectivity index (χ2v) is 10.4. The van der Waals surface area contributed by atoms with Gasteiger partial charge in [0, 0.05) is 5.56 Å². The number of rotatable bonds is 0. The quantitative estimate of drug-likeness (QED) is 0.207. The minimum Gasteiger partial charge on any atom is -0.291 e. The van der Waals surface area contributed by atoms with Crippen LogP contribution in [0.25, 0.3) is 0 Å². The Morgan fingerprint density at radius 2 is 1.17 bits per heavy atom. The third-order valence-electron chi connectivity index (χ3n) is 2.49. The first-order chi connectivity index (χ1) is 8.05. The van der Waals surface area contributed by atoms with Crippen LogP contribution in [0.2, 0.25) is 0 Å². The molecule has 1 nitrogen and oxygen atoms in total. The van der Waals surface area contributed by atoms with Gasteiger partial charge in [0.05, 0.1) is 5.56 Å². The molecule has 1 aromatic carbocycles. The minimum absolute atomic E-state index is 0.641. The third-order valence-corrected chi connectivity index (χ3v) is 8.51. The van der Waals surface area contributed by atoms with E-state index in [1.165, 1.54) is 0 Å². The maximum absolute atomic E-state index is 13.7. The first kappa shape index (κ1) is 14.9. The molecule has 0 bridgehead atoms. The average molecular weight is 520 g/mol. The highest BCUT2D eigenvalue weighted by Gasteiger charge is 2.62. The Morgan fingerprint density at radius 1 is 0.722 bits per heavy atom. The molecule has 9 heteroatoms. The summed E-state index contributed by atoms with van der Waals surface area (Å²) in [6.07, 6.45) is 0. The zero-order chi connectivity index (χ0) is 14.0. The van der Waals surface area contributed by atoms with Crippen LogP contribution in [0.5, 0.6) is 0 Å². The highest BCUT2D eigenvalue weighted by molar-refractivity contribution is 9.30. The fourth-order valence-corrected chi connectivity index (χ4v) is 3.49. The van der Waals surface area contributed by atoms with E-state index in [1.807, 2.05) is 0 Å². The molecule has 0 heterocycles. The van der Waals surface area contributed by atoms with Crippen molar-refractivity contribution in [3.63, 3.8) is 0 Å². The van der Waals surface area contributed by atoms with Crippen molar-refractivity contribution >= 4 is 69.5 Å². The van der Waals surface area contributed by atoms with E-state index in [-0.39, 0.29) is 0 Å². The van der Waals surface area contributed by atoms with Crippen molar-refractivity contribution < 1.29 is 22.4 Å². The molecule has 0 aliphatic heterocycles. The lowest BCUT2D eigenvalue weighted by atomic mass is 10.1. The normalized spacial score (nSPS) is 20.1. The Hall–Kier alpha value is 0.530. The summed E-state index contributed by atoms with van der Waals surface area (Å²) in [4.78, 5) is 11.9. The number of carbonyl (C=O) groups is 1. The molecule has 0 N–H and O–H groups in total. The molecule has 1 aromatic rings. The summed E-state index contributed by atoms with van der Waals surface area (Å²) in [5.41, 5.74) is -1.49. The second-order valence-electron chi connectivity index (χ2n) is 3.48. The van der Waals surface area contributed by atoms with Gasteiger partial charge in [0.25, 0.3) is 0 Å². The van der Waals surface area contributed by atoms with Crippen LogP contribution in [0.4, 0.5) is 17.6 Å². The maximum Gasteiger partial charge on any atom is 0.198 e. The molecule has 0 fully saturated rings. The Morgan fingerprint density at radius 3 is 1.67 bits per heavy atom. The van der Waals surface area contributed by atoms with Crippen LogP contribution in [-0.2, 0) is 3.23 Å². The number of hydrogen-bond donors (Lipinski definition) is 0. The van der Waals surface area contributed by atoms with Gasteiger partial charge in [-0.05, 0) is 0 Å². The lowest BCUT2D eigenvalue weighted by Crippen LogP contribution is -2.32. The van der Waals surface area contributed by atoms with Gasteiger partial charge >= 0.3 is 0 Å². The van der Waals surface area contributed by atoms with Crippen molar-refractivity contribution in [1.82, 2.24) is 0 Å². The van der Waals surface area contributed by atoms with Gasteiger partial charge in [-0.3, -0.25) is 4.79 Å². The summed E-state index contributed by atoms with van der Waals surface area (Å²) in [7, 11) is 0. The maximum atomic E-state index is 13.7. The number of ketones is 1. The summed E-state index contributed by atoms with van der Waals surface area (Å²) in [6, 6.07) is 0. The third kappa shape index (κ3) is 1.63. The molecule has 98 valence electrons. The fraction of sp³-hybridized carbons (Fsp3) is 0.222. The van der Waals surface area contributed by atoms with Gasteiger partial charge in [0.1, 0.15) is 3.23 Å². The number of halogens is 8. The van der Waals surface area contributed by atoms with Crippen LogP contribution in [0.1, 0.15) is 15.9 Å². The zero-order valence-corrected chi connectivity index (χ0v) is 14.3. The molecule has 18 heavy (non-hydrogen) atoms. The smallest absolute Gasteiger partial charge is 0.198 e. The number of fused-ring (bicyclic) bond motifs is 1. The summed E-state index contributed by atoms with van der Waals surface area (Å²) in [5, 5.41) is 0. The molecule has 0 radical (unpaired) electrons. The van der Waals surface area contributed by atoms with Crippen LogP contribution < -0.4 is 0 Å². The SMILES string of the molecule is O=C1c2c(F)c(F)c(F)c(F)c2C(Br)(Br)C1(Br)Br. The van der Waals surface area contributed by atoms with Crippen molar-refractivity contribution in [2.24, 2.45) is 0 Å². The molecule has 0 atom stereocenters. The molecule has 0 aromatic heterocycles. The van der Waals surface area contributed by atoms with Gasteiger partial charge in [-0.15, -0.1) is 0 Å². The van der Waals surface area contributed by atoms with Crippen molar-refractivity contribution in [2.75, 3.05) is 0 Å². The number of hydrogen-bond acceptors (Lipinski definition) is 1. The van der Waals surface area contributed by atoms with Crippen molar-refractivity contribution in [1.29, 1.82) is 0 Å². The average Bonchev–Trinajstić information content (AvgIpc) is 2.41. The summed E-state index contributed by atoms with van der Waals surface area (Å²) >= 11 is 11.8. The summed E-state index contributed by atoms with van der Waals surface area (Å²) < 4.78 is 50.3. The van der Waals surface area contributed by atoms with E-state index in [4.69, 9.17) is 0 Å². The Bertz CT molecular complexity index is 585. The van der Waals surface area contributed by atoms with Gasteiger partial charge in [0.2, 0.25) is 0 Å². The van der Waals surface area contributed by atoms with Crippen molar-refractivity contribution in [3.8, 4) is 0 Å². The van der Waals surface area contributed by atoms with E-state index < -0.39 is 46.6 Å². The van der Waals surface area contributed by atoms with E-state index in [0.717, 1.165) is 0 Å². The monoisotopic (exact) mass is 516 g/mol. The number of benzene rings is 1. The molecule has 0 saturated heterocycles. The minimum atomic E-state index is -2.02. The largest absolute Gasteiger partial charge is 0.291 e. The highest BCUT2D eigenvalue weighted by Crippen LogP contribution is 2.63. The number of alkyl halides is 4. The fourth-order valence-electron chi connectivity index (χ4n) is 1.60. The zero-order valence-electron chi connectivity index (χ0n) is 7.93. The van der Waals surface area contributed by atoms with E-state index in [1.54, 1.807) is 0 Å². The molecule has 2 rings (SSSR count). The van der Waals surface area contributed by atoms with Gasteiger partial charge in [-0.25, -0.2) is 17.6 Å². The molecule has 0 amide bonds. The Labute approximate surface area is 132 Å². The molecule has 1 aliphatic rings. The molecule has 0 saturated carbocycles. The molecule has 1 aliphatic carbocycles. The second kappa shape index (κ2) is 4.26. The standard InChI is InChI=1S/C9Br4F4O/c10-8(11)2-1(7(18)9(8,12)13)3(14)5(16)6(17)4(2)15. The van der Waals surface area contributed by atoms with Gasteiger partial charge < -0.3 is 0 Å². The number of Topliss-reactive ketones (excluding diaryl/α,β-unsaturated/α-hetero) is 1. The Balaban J connectivity index is 2.98. The molecular formula is C9Br4F4O. The first-order valence-corrected chi connectivity index (χ1v) is 7.39. The molecular weight excluding hydrogens is 520 g/mol. The lowest BCUT2D eigenvalue weighted by molar-refractivity contribution is 0.0988. The van der Waals surface area contributed by atoms with Gasteiger partial charge in [0.15, 0.2) is 32.3 Å². The van der Waals surface area contributed by atoms with Gasteiger partial charge in [-0.1, -0.05) is 63.7 Å². The van der Waals surface area contributed by atoms with Crippen molar-refractivity contribution in [3.05, 3.63) is 34.4 Å². The van der Waals surface area contributed by atoms with Gasteiger partial charge in [-0.2, -0.15) is 0 Å². The highest BCUT2D eigenvalue weighted by atomic mass is 79.9. The van der Waals surface area contributed by atoms with Crippen LogP contribution >= 0.6 is 63.7 Å². The topological polar surface area (TPSA) is 17.1 Å². The van der Waals surface area contributed by atoms with E-state index in [9.17, 15) is 22.4 Å². The summed E-state index contributed by atoms with van der Waals surface area (Å²) in [5.74, 6) is -8.32. The Kier molecular flexibility index (Phi) is 3.53. The predicted octanol–water partition coefficient (Wildman–Crippen LogP) is 4.87. The van der Waals surface area contributed by atoms with Crippen molar-refractivity contribution in [2.45, 2.75) is 6.47 Å². The first-order valence-electron chi connectivity index (χ1n) is 4.22. The number of carbonyl (C=O) groups excluding carboxylic acids is 1. The lowest BCUT2D eigenvalue weighted by Gasteiger charge is -2.25. The van der Waals surface area contributed by atoms with E-state index in [2.05, 4.69) is 63.7 Å². The predicted molar refractivity (Wildman–Crippen MR) is 70.7 cm³/mol. The van der Waals surface area contributed by atoms with Crippen LogP contribution in [-0.4, -0.2) is 9.02 Å². The van der Waals surface area contributed by atoms with Crippen LogP contribution in [0.3, 0.4) is 0 Å². The van der Waals surface area contributed by atoms with Crippen LogP contribution in [0.15, 0.2) is 0 Å². The van der Waals surface area contributed by atoms with Crippen LogP contribution in [0, 0.1) is 23.3 Å². The van der Waals surface area contributed by atoms with E-state index in [0.29, 0.717) is 0 Å².